The summed E-state index contributed by atoms with van der Waals surface area (Å²) in [5.74, 6) is -1.02. The second-order valence-corrected chi connectivity index (χ2v) is 8.03. The average molecular weight is 378 g/mol. The summed E-state index contributed by atoms with van der Waals surface area (Å²) in [6.07, 6.45) is -1.15. The summed E-state index contributed by atoms with van der Waals surface area (Å²) in [5.41, 5.74) is 0.473. The predicted molar refractivity (Wildman–Crippen MR) is 101 cm³/mol. The molecule has 0 saturated carbocycles. The van der Waals surface area contributed by atoms with Crippen LogP contribution in [0.2, 0.25) is 0 Å². The monoisotopic (exact) mass is 378 g/mol. The summed E-state index contributed by atoms with van der Waals surface area (Å²) < 4.78 is 16.6. The Balaban J connectivity index is 1.76. The van der Waals surface area contributed by atoms with Crippen LogP contribution in [-0.4, -0.2) is 43.1 Å². The van der Waals surface area contributed by atoms with Gasteiger partial charge in [0.05, 0.1) is 6.61 Å². The van der Waals surface area contributed by atoms with Crippen molar-refractivity contribution in [3.63, 3.8) is 0 Å². The Morgan fingerprint density at radius 1 is 1.22 bits per heavy atom. The van der Waals surface area contributed by atoms with E-state index in [2.05, 4.69) is 10.6 Å². The molecule has 1 heterocycles. The van der Waals surface area contributed by atoms with Crippen LogP contribution in [0.4, 0.5) is 4.79 Å². The third kappa shape index (κ3) is 6.52. The standard InChI is InChI=1S/C20H30N2O5/c1-14(22-18(24)25-12-15-9-7-6-8-10-15)11-21-17(23)16-19(2,3)13-26-20(4,5)27-16/h6-10,14,16H,11-13H2,1-5H3,(H,21,23)(H,22,24)/t14-,16?/m1/s1. The molecule has 150 valence electrons. The zero-order valence-electron chi connectivity index (χ0n) is 16.7. The number of amides is 2. The lowest BCUT2D eigenvalue weighted by Gasteiger charge is -2.44. The van der Waals surface area contributed by atoms with E-state index in [0.717, 1.165) is 5.56 Å². The summed E-state index contributed by atoms with van der Waals surface area (Å²) in [6, 6.07) is 9.15. The molecular formula is C20H30N2O5. The van der Waals surface area contributed by atoms with Gasteiger partial charge in [0.1, 0.15) is 12.7 Å². The van der Waals surface area contributed by atoms with Gasteiger partial charge in [0.15, 0.2) is 5.79 Å². The Labute approximate surface area is 160 Å². The molecule has 0 spiro atoms. The molecule has 1 unspecified atom stereocenters. The van der Waals surface area contributed by atoms with E-state index in [-0.39, 0.29) is 25.1 Å². The number of hydrogen-bond donors (Lipinski definition) is 2. The zero-order chi connectivity index (χ0) is 20.1. The quantitative estimate of drug-likeness (QED) is 0.795. The Morgan fingerprint density at radius 2 is 1.89 bits per heavy atom. The van der Waals surface area contributed by atoms with Crippen molar-refractivity contribution < 1.29 is 23.8 Å². The molecule has 0 radical (unpaired) electrons. The number of alkyl carbamates (subject to hydrolysis) is 1. The highest BCUT2D eigenvalue weighted by Gasteiger charge is 2.45. The first-order valence-corrected chi connectivity index (χ1v) is 9.16. The SMILES string of the molecule is C[C@H](CNC(=O)C1OC(C)(C)OCC1(C)C)NC(=O)OCc1ccccc1. The van der Waals surface area contributed by atoms with Crippen molar-refractivity contribution in [2.24, 2.45) is 5.41 Å². The van der Waals surface area contributed by atoms with E-state index in [1.54, 1.807) is 20.8 Å². The fourth-order valence-electron chi connectivity index (χ4n) is 2.68. The first-order valence-electron chi connectivity index (χ1n) is 9.16. The van der Waals surface area contributed by atoms with Gasteiger partial charge in [0.2, 0.25) is 5.91 Å². The predicted octanol–water partition coefficient (Wildman–Crippen LogP) is 2.60. The Bertz CT molecular complexity index is 645. The molecule has 2 amide bonds. The van der Waals surface area contributed by atoms with Crippen LogP contribution >= 0.6 is 0 Å². The van der Waals surface area contributed by atoms with E-state index in [1.165, 1.54) is 0 Å². The highest BCUT2D eigenvalue weighted by atomic mass is 16.7. The van der Waals surface area contributed by atoms with Gasteiger partial charge in [-0.05, 0) is 26.3 Å². The van der Waals surface area contributed by atoms with Gasteiger partial charge in [-0.25, -0.2) is 4.79 Å². The normalized spacial score (nSPS) is 21.7. The lowest BCUT2D eigenvalue weighted by molar-refractivity contribution is -0.304. The van der Waals surface area contributed by atoms with E-state index >= 15 is 0 Å². The molecular weight excluding hydrogens is 348 g/mol. The first kappa shape index (κ1) is 21.2. The number of nitrogens with one attached hydrogen (secondary N) is 2. The molecule has 0 bridgehead atoms. The number of benzene rings is 1. The maximum absolute atomic E-state index is 12.6. The molecule has 7 heteroatoms. The van der Waals surface area contributed by atoms with Gasteiger partial charge in [-0.1, -0.05) is 44.2 Å². The number of hydrogen-bond acceptors (Lipinski definition) is 5. The van der Waals surface area contributed by atoms with Crippen molar-refractivity contribution >= 4 is 12.0 Å². The molecule has 1 aromatic carbocycles. The molecule has 1 saturated heterocycles. The summed E-state index contributed by atoms with van der Waals surface area (Å²) in [7, 11) is 0. The minimum atomic E-state index is -0.803. The molecule has 0 aromatic heterocycles. The van der Waals surface area contributed by atoms with E-state index in [0.29, 0.717) is 6.61 Å². The topological polar surface area (TPSA) is 85.9 Å². The van der Waals surface area contributed by atoms with E-state index in [1.807, 2.05) is 44.2 Å². The average Bonchev–Trinajstić information content (AvgIpc) is 2.61. The summed E-state index contributed by atoms with van der Waals surface area (Å²) >= 11 is 0. The van der Waals surface area contributed by atoms with Gasteiger partial charge in [0.25, 0.3) is 0 Å². The lowest BCUT2D eigenvalue weighted by atomic mass is 9.85. The van der Waals surface area contributed by atoms with Crippen molar-refractivity contribution in [3.05, 3.63) is 35.9 Å². The van der Waals surface area contributed by atoms with Crippen LogP contribution < -0.4 is 10.6 Å². The van der Waals surface area contributed by atoms with Crippen molar-refractivity contribution in [1.29, 1.82) is 0 Å². The van der Waals surface area contributed by atoms with Gasteiger partial charge in [-0.3, -0.25) is 4.79 Å². The zero-order valence-corrected chi connectivity index (χ0v) is 16.7. The van der Waals surface area contributed by atoms with Crippen LogP contribution in [-0.2, 0) is 25.6 Å². The van der Waals surface area contributed by atoms with Crippen molar-refractivity contribution in [2.75, 3.05) is 13.2 Å². The van der Waals surface area contributed by atoms with Crippen LogP contribution in [0.15, 0.2) is 30.3 Å². The van der Waals surface area contributed by atoms with E-state index in [9.17, 15) is 9.59 Å². The maximum Gasteiger partial charge on any atom is 0.407 e. The number of rotatable bonds is 6. The smallest absolute Gasteiger partial charge is 0.407 e. The molecule has 0 aliphatic carbocycles. The second kappa shape index (κ2) is 8.71. The molecule has 2 atom stereocenters. The minimum absolute atomic E-state index is 0.199. The minimum Gasteiger partial charge on any atom is -0.445 e. The fourth-order valence-corrected chi connectivity index (χ4v) is 2.68. The number of carbonyl (C=O) groups excluding carboxylic acids is 2. The van der Waals surface area contributed by atoms with Crippen molar-refractivity contribution in [3.8, 4) is 0 Å². The van der Waals surface area contributed by atoms with Gasteiger partial charge in [-0.2, -0.15) is 0 Å². The molecule has 1 aliphatic rings. The van der Waals surface area contributed by atoms with Crippen LogP contribution in [0.25, 0.3) is 0 Å². The van der Waals surface area contributed by atoms with Gasteiger partial charge in [0, 0.05) is 18.0 Å². The Hall–Kier alpha value is -2.12. The second-order valence-electron chi connectivity index (χ2n) is 8.03. The molecule has 1 fully saturated rings. The molecule has 2 N–H and O–H groups in total. The number of carbonyl (C=O) groups is 2. The van der Waals surface area contributed by atoms with E-state index in [4.69, 9.17) is 14.2 Å². The highest BCUT2D eigenvalue weighted by Crippen LogP contribution is 2.34. The maximum atomic E-state index is 12.6. The first-order chi connectivity index (χ1) is 12.6. The van der Waals surface area contributed by atoms with Crippen LogP contribution in [0.5, 0.6) is 0 Å². The molecule has 7 nitrogen and oxygen atoms in total. The molecule has 2 rings (SSSR count). The largest absolute Gasteiger partial charge is 0.445 e. The summed E-state index contributed by atoms with van der Waals surface area (Å²) in [6.45, 7) is 10.1. The molecule has 27 heavy (non-hydrogen) atoms. The van der Waals surface area contributed by atoms with Crippen molar-refractivity contribution in [2.45, 2.75) is 59.2 Å². The molecule has 1 aliphatic heterocycles. The Morgan fingerprint density at radius 3 is 2.56 bits per heavy atom. The summed E-state index contributed by atoms with van der Waals surface area (Å²) in [4.78, 5) is 24.4. The Kier molecular flexibility index (Phi) is 6.84. The highest BCUT2D eigenvalue weighted by molar-refractivity contribution is 5.82. The molecule has 1 aromatic rings. The summed E-state index contributed by atoms with van der Waals surface area (Å²) in [5, 5.41) is 5.54. The van der Waals surface area contributed by atoms with Crippen molar-refractivity contribution in [1.82, 2.24) is 10.6 Å². The third-order valence-electron chi connectivity index (χ3n) is 4.30. The van der Waals surface area contributed by atoms with Crippen LogP contribution in [0.3, 0.4) is 0 Å². The van der Waals surface area contributed by atoms with E-state index < -0.39 is 23.4 Å². The third-order valence-corrected chi connectivity index (χ3v) is 4.30. The van der Waals surface area contributed by atoms with Gasteiger partial charge >= 0.3 is 6.09 Å². The lowest BCUT2D eigenvalue weighted by Crippen LogP contribution is -2.57. The number of ether oxygens (including phenoxy) is 3. The van der Waals surface area contributed by atoms with Crippen LogP contribution in [0.1, 0.15) is 40.2 Å². The fraction of sp³-hybridized carbons (Fsp3) is 0.600. The van der Waals surface area contributed by atoms with Gasteiger partial charge in [-0.15, -0.1) is 0 Å². The van der Waals surface area contributed by atoms with Crippen LogP contribution in [0, 0.1) is 5.41 Å². The van der Waals surface area contributed by atoms with Gasteiger partial charge < -0.3 is 24.8 Å².